The number of halogens is 1. The third-order valence-electron chi connectivity index (χ3n) is 5.34. The number of rotatable bonds is 5. The minimum absolute atomic E-state index is 0.00242. The van der Waals surface area contributed by atoms with Gasteiger partial charge in [0.25, 0.3) is 10.1 Å². The first-order valence-electron chi connectivity index (χ1n) is 11.7. The molecule has 2 aromatic heterocycles. The molecule has 4 aromatic rings. The smallest absolute Gasteiger partial charge is 0.261 e. The van der Waals surface area contributed by atoms with E-state index in [4.69, 9.17) is 15.3 Å². The van der Waals surface area contributed by atoms with Gasteiger partial charge < -0.3 is 10.7 Å². The monoisotopic (exact) mass is 565 g/mol. The van der Waals surface area contributed by atoms with Gasteiger partial charge in [0.2, 0.25) is 16.0 Å². The van der Waals surface area contributed by atoms with Crippen LogP contribution in [-0.4, -0.2) is 51.8 Å². The van der Waals surface area contributed by atoms with E-state index in [2.05, 4.69) is 30.7 Å². The topological polar surface area (TPSA) is 161 Å². The Balaban J connectivity index is 0.000000732. The first-order valence-corrected chi connectivity index (χ1v) is 15.0. The molecular formula is C25H32FN5O5S2. The summed E-state index contributed by atoms with van der Waals surface area (Å²) in [5.41, 5.74) is 9.73. The Hall–Kier alpha value is -3.29. The molecule has 0 aliphatic heterocycles. The van der Waals surface area contributed by atoms with E-state index >= 15 is 0 Å². The van der Waals surface area contributed by atoms with Crippen molar-refractivity contribution in [3.63, 3.8) is 0 Å². The van der Waals surface area contributed by atoms with Gasteiger partial charge in [-0.05, 0) is 55.7 Å². The minimum atomic E-state index is -3.72. The molecule has 0 aliphatic carbocycles. The van der Waals surface area contributed by atoms with Crippen molar-refractivity contribution in [1.82, 2.24) is 18.9 Å². The van der Waals surface area contributed by atoms with Gasteiger partial charge in [-0.1, -0.05) is 26.8 Å². The highest BCUT2D eigenvalue weighted by Crippen LogP contribution is 2.34. The lowest BCUT2D eigenvalue weighted by atomic mass is 9.92. The highest BCUT2D eigenvalue weighted by atomic mass is 32.2. The zero-order chi connectivity index (χ0) is 28.6. The average molecular weight is 566 g/mol. The SMILES string of the molecule is CC(C)S(=O)(=O)n1c(N)nc2ccc(-c3nc(CC(C)(C)C)[nH]c3-c3ccc(F)cc3)cc21.CS(=O)(=O)O. The number of fused-ring (bicyclic) bond motifs is 1. The fourth-order valence-electron chi connectivity index (χ4n) is 3.74. The van der Waals surface area contributed by atoms with Crippen LogP contribution in [0.4, 0.5) is 10.3 Å². The number of nitrogens with one attached hydrogen (secondary N) is 1. The highest BCUT2D eigenvalue weighted by Gasteiger charge is 2.25. The van der Waals surface area contributed by atoms with Crippen molar-refractivity contribution < 1.29 is 25.8 Å². The molecule has 206 valence electrons. The van der Waals surface area contributed by atoms with Crippen LogP contribution in [0.2, 0.25) is 0 Å². The molecule has 2 aromatic carbocycles. The lowest BCUT2D eigenvalue weighted by molar-refractivity contribution is 0.402. The van der Waals surface area contributed by atoms with Crippen LogP contribution in [0, 0.1) is 11.2 Å². The Kier molecular flexibility index (Phi) is 8.06. The standard InChI is InChI=1S/C24H28FN5O2S.CH4O3S/c1-14(2)33(31,32)30-19-12-16(8-11-18(19)27-23(30)26)22-21(15-6-9-17(25)10-7-15)28-20(29-22)13-24(3,4)5;1-5(2,3)4/h6-12,14H,13H2,1-5H3,(H2,26,27)(H,28,29);1H3,(H,2,3,4). The molecule has 0 aliphatic rings. The van der Waals surface area contributed by atoms with Gasteiger partial charge in [-0.15, -0.1) is 0 Å². The summed E-state index contributed by atoms with van der Waals surface area (Å²) in [6.45, 7) is 9.57. The molecule has 10 nitrogen and oxygen atoms in total. The molecule has 0 atom stereocenters. The molecule has 38 heavy (non-hydrogen) atoms. The molecular weight excluding hydrogens is 533 g/mol. The average Bonchev–Trinajstić information content (AvgIpc) is 3.31. The Morgan fingerprint density at radius 3 is 2.11 bits per heavy atom. The number of aromatic amines is 1. The van der Waals surface area contributed by atoms with Gasteiger partial charge in [0, 0.05) is 17.5 Å². The number of hydrogen-bond donors (Lipinski definition) is 3. The first kappa shape index (κ1) is 29.3. The zero-order valence-electron chi connectivity index (χ0n) is 22.0. The van der Waals surface area contributed by atoms with E-state index in [0.717, 1.165) is 21.1 Å². The van der Waals surface area contributed by atoms with Crippen LogP contribution in [0.1, 0.15) is 40.4 Å². The van der Waals surface area contributed by atoms with Crippen LogP contribution in [0.25, 0.3) is 33.5 Å². The van der Waals surface area contributed by atoms with Crippen LogP contribution in [0.15, 0.2) is 42.5 Å². The van der Waals surface area contributed by atoms with Gasteiger partial charge in [0.05, 0.1) is 33.9 Å². The summed E-state index contributed by atoms with van der Waals surface area (Å²) in [5.74, 6) is 0.388. The molecule has 2 heterocycles. The molecule has 4 rings (SSSR count). The molecule has 0 saturated carbocycles. The van der Waals surface area contributed by atoms with E-state index in [1.54, 1.807) is 38.1 Å². The number of aromatic nitrogens is 4. The minimum Gasteiger partial charge on any atom is -0.368 e. The summed E-state index contributed by atoms with van der Waals surface area (Å²) in [6.07, 6.45) is 1.42. The Morgan fingerprint density at radius 2 is 1.58 bits per heavy atom. The van der Waals surface area contributed by atoms with E-state index < -0.39 is 25.4 Å². The second-order valence-electron chi connectivity index (χ2n) is 10.4. The third-order valence-corrected chi connectivity index (χ3v) is 7.43. The maximum absolute atomic E-state index is 13.5. The normalized spacial score (nSPS) is 12.6. The summed E-state index contributed by atoms with van der Waals surface area (Å²) >= 11 is 0. The van der Waals surface area contributed by atoms with Crippen molar-refractivity contribution >= 4 is 37.1 Å². The van der Waals surface area contributed by atoms with E-state index in [-0.39, 0.29) is 17.2 Å². The lowest BCUT2D eigenvalue weighted by Gasteiger charge is -2.15. The number of imidazole rings is 2. The van der Waals surface area contributed by atoms with Crippen molar-refractivity contribution in [3.8, 4) is 22.5 Å². The molecule has 0 saturated heterocycles. The van der Waals surface area contributed by atoms with Gasteiger partial charge in [-0.3, -0.25) is 4.55 Å². The number of H-pyrrole nitrogens is 1. The van der Waals surface area contributed by atoms with Crippen molar-refractivity contribution in [2.24, 2.45) is 5.41 Å². The summed E-state index contributed by atoms with van der Waals surface area (Å²) in [6, 6.07) is 11.5. The summed E-state index contributed by atoms with van der Waals surface area (Å²) < 4.78 is 66.4. The number of nitrogen functional groups attached to an aromatic ring is 1. The molecule has 0 fully saturated rings. The lowest BCUT2D eigenvalue weighted by Crippen LogP contribution is -2.23. The first-order chi connectivity index (χ1) is 17.4. The predicted octanol–water partition coefficient (Wildman–Crippen LogP) is 4.49. The maximum Gasteiger partial charge on any atom is 0.261 e. The second kappa shape index (κ2) is 10.5. The number of nitrogens with two attached hydrogens (primary N) is 1. The maximum atomic E-state index is 13.5. The number of nitrogens with zero attached hydrogens (tertiary/aromatic N) is 3. The number of hydrogen-bond acceptors (Lipinski definition) is 7. The van der Waals surface area contributed by atoms with Crippen molar-refractivity contribution in [1.29, 1.82) is 0 Å². The van der Waals surface area contributed by atoms with Gasteiger partial charge in [0.1, 0.15) is 11.6 Å². The van der Waals surface area contributed by atoms with Crippen LogP contribution < -0.4 is 5.73 Å². The summed E-state index contributed by atoms with van der Waals surface area (Å²) in [5, 5.41) is -0.667. The Labute approximate surface area is 221 Å². The quantitative estimate of drug-likeness (QED) is 0.298. The van der Waals surface area contributed by atoms with Crippen LogP contribution in [0.5, 0.6) is 0 Å². The van der Waals surface area contributed by atoms with Crippen molar-refractivity contribution in [2.45, 2.75) is 46.3 Å². The molecule has 0 bridgehead atoms. The third kappa shape index (κ3) is 6.97. The van der Waals surface area contributed by atoms with Crippen LogP contribution in [0.3, 0.4) is 0 Å². The molecule has 4 N–H and O–H groups in total. The van der Waals surface area contributed by atoms with E-state index in [9.17, 15) is 21.2 Å². The Morgan fingerprint density at radius 1 is 1.03 bits per heavy atom. The molecule has 0 spiro atoms. The molecule has 0 amide bonds. The van der Waals surface area contributed by atoms with Gasteiger partial charge in [0.15, 0.2) is 0 Å². The fourth-order valence-corrected chi connectivity index (χ4v) is 4.88. The van der Waals surface area contributed by atoms with Gasteiger partial charge in [-0.2, -0.15) is 8.42 Å². The largest absolute Gasteiger partial charge is 0.368 e. The van der Waals surface area contributed by atoms with Crippen molar-refractivity contribution in [3.05, 3.63) is 54.1 Å². The van der Waals surface area contributed by atoms with Crippen LogP contribution in [-0.2, 0) is 26.6 Å². The van der Waals surface area contributed by atoms with Gasteiger partial charge >= 0.3 is 0 Å². The zero-order valence-corrected chi connectivity index (χ0v) is 23.7. The second-order valence-corrected chi connectivity index (χ2v) is 14.2. The number of anilines is 1. The van der Waals surface area contributed by atoms with Crippen molar-refractivity contribution in [2.75, 3.05) is 12.0 Å². The fraction of sp³-hybridized carbons (Fsp3) is 0.360. The summed E-state index contributed by atoms with van der Waals surface area (Å²) in [4.78, 5) is 12.5. The molecule has 13 heteroatoms. The van der Waals surface area contributed by atoms with Gasteiger partial charge in [-0.25, -0.2) is 26.7 Å². The number of benzene rings is 2. The highest BCUT2D eigenvalue weighted by molar-refractivity contribution is 7.90. The van der Waals surface area contributed by atoms with E-state index in [0.29, 0.717) is 35.0 Å². The van der Waals surface area contributed by atoms with E-state index in [1.807, 2.05) is 6.07 Å². The van der Waals surface area contributed by atoms with Crippen LogP contribution >= 0.6 is 0 Å². The Bertz CT molecular complexity index is 1660. The van der Waals surface area contributed by atoms with E-state index in [1.165, 1.54) is 12.1 Å². The molecule has 0 unspecified atom stereocenters. The predicted molar refractivity (Wildman–Crippen MR) is 147 cm³/mol. The summed E-state index contributed by atoms with van der Waals surface area (Å²) in [7, 11) is -7.38. The molecule has 0 radical (unpaired) electrons.